The highest BCUT2D eigenvalue weighted by Gasteiger charge is 2.06. The number of benzene rings is 1. The molecule has 2 rings (SSSR count). The molecule has 0 saturated heterocycles. The van der Waals surface area contributed by atoms with Crippen molar-refractivity contribution >= 4 is 15.9 Å². The lowest BCUT2D eigenvalue weighted by atomic mass is 10.2. The average Bonchev–Trinajstić information content (AvgIpc) is 2.34. The molecule has 0 bridgehead atoms. The molecule has 0 spiro atoms. The Balaban J connectivity index is 2.21. The van der Waals surface area contributed by atoms with Crippen molar-refractivity contribution in [3.8, 4) is 11.5 Å². The first kappa shape index (κ1) is 13.0. The standard InChI is InChI=1S/C13H12BrFN2O/c1-8(16)12-5-3-10(7-17-12)18-13-6-9(14)2-4-11(13)15/h2-8H,16H2,1H3/t8-/m1/s1. The number of hydrogen-bond donors (Lipinski definition) is 1. The van der Waals surface area contributed by atoms with Crippen molar-refractivity contribution in [1.82, 2.24) is 4.98 Å². The zero-order valence-electron chi connectivity index (χ0n) is 9.73. The summed E-state index contributed by atoms with van der Waals surface area (Å²) in [6.07, 6.45) is 1.53. The van der Waals surface area contributed by atoms with Gasteiger partial charge in [0.1, 0.15) is 5.75 Å². The number of ether oxygens (including phenoxy) is 1. The molecule has 0 unspecified atom stereocenters. The Morgan fingerprint density at radius 3 is 2.72 bits per heavy atom. The highest BCUT2D eigenvalue weighted by Crippen LogP contribution is 2.27. The summed E-state index contributed by atoms with van der Waals surface area (Å²) in [5.41, 5.74) is 6.45. The van der Waals surface area contributed by atoms with Crippen LogP contribution >= 0.6 is 15.9 Å². The lowest BCUT2D eigenvalue weighted by Crippen LogP contribution is -2.06. The molecule has 1 aromatic carbocycles. The molecule has 18 heavy (non-hydrogen) atoms. The smallest absolute Gasteiger partial charge is 0.165 e. The van der Waals surface area contributed by atoms with Gasteiger partial charge in [-0.1, -0.05) is 15.9 Å². The van der Waals surface area contributed by atoms with E-state index >= 15 is 0 Å². The Kier molecular flexibility index (Phi) is 3.93. The monoisotopic (exact) mass is 310 g/mol. The predicted octanol–water partition coefficient (Wildman–Crippen LogP) is 3.80. The van der Waals surface area contributed by atoms with Crippen molar-refractivity contribution < 1.29 is 9.13 Å². The Bertz CT molecular complexity index is 543. The van der Waals surface area contributed by atoms with Crippen LogP contribution in [0, 0.1) is 5.82 Å². The van der Waals surface area contributed by atoms with Gasteiger partial charge in [-0.25, -0.2) is 4.39 Å². The Hall–Kier alpha value is -1.46. The van der Waals surface area contributed by atoms with Gasteiger partial charge in [0.15, 0.2) is 11.6 Å². The molecule has 0 aliphatic rings. The van der Waals surface area contributed by atoms with Gasteiger partial charge in [0.05, 0.1) is 11.9 Å². The fourth-order valence-corrected chi connectivity index (χ4v) is 1.74. The third-order valence-electron chi connectivity index (χ3n) is 2.35. The predicted molar refractivity (Wildman–Crippen MR) is 71.0 cm³/mol. The minimum Gasteiger partial charge on any atom is -0.453 e. The van der Waals surface area contributed by atoms with Gasteiger partial charge in [-0.15, -0.1) is 0 Å². The first-order valence-electron chi connectivity index (χ1n) is 5.40. The molecule has 1 atom stereocenters. The molecule has 0 aliphatic carbocycles. The second-order valence-electron chi connectivity index (χ2n) is 3.88. The number of rotatable bonds is 3. The van der Waals surface area contributed by atoms with Crippen molar-refractivity contribution in [3.05, 3.63) is 52.5 Å². The van der Waals surface area contributed by atoms with Gasteiger partial charge in [-0.3, -0.25) is 4.98 Å². The summed E-state index contributed by atoms with van der Waals surface area (Å²) in [5.74, 6) is 0.200. The van der Waals surface area contributed by atoms with E-state index in [1.54, 1.807) is 24.3 Å². The third kappa shape index (κ3) is 3.05. The normalized spacial score (nSPS) is 12.2. The number of hydrogen-bond acceptors (Lipinski definition) is 3. The molecule has 3 nitrogen and oxygen atoms in total. The van der Waals surface area contributed by atoms with Crippen LogP contribution in [0.1, 0.15) is 18.7 Å². The highest BCUT2D eigenvalue weighted by atomic mass is 79.9. The van der Waals surface area contributed by atoms with E-state index in [-0.39, 0.29) is 11.8 Å². The first-order valence-corrected chi connectivity index (χ1v) is 6.20. The van der Waals surface area contributed by atoms with E-state index in [0.29, 0.717) is 5.75 Å². The molecule has 1 heterocycles. The van der Waals surface area contributed by atoms with Crippen LogP contribution in [0.5, 0.6) is 11.5 Å². The van der Waals surface area contributed by atoms with E-state index in [0.717, 1.165) is 10.2 Å². The van der Waals surface area contributed by atoms with Crippen LogP contribution in [-0.2, 0) is 0 Å². The molecule has 0 aliphatic heterocycles. The molecular weight excluding hydrogens is 299 g/mol. The Labute approximate surface area is 113 Å². The molecule has 0 fully saturated rings. The van der Waals surface area contributed by atoms with E-state index in [1.807, 2.05) is 6.92 Å². The van der Waals surface area contributed by atoms with Crippen LogP contribution in [0.25, 0.3) is 0 Å². The van der Waals surface area contributed by atoms with Crippen LogP contribution < -0.4 is 10.5 Å². The summed E-state index contributed by atoms with van der Waals surface area (Å²) in [6.45, 7) is 1.84. The van der Waals surface area contributed by atoms with Gasteiger partial charge < -0.3 is 10.5 Å². The Morgan fingerprint density at radius 1 is 1.33 bits per heavy atom. The molecule has 0 radical (unpaired) electrons. The van der Waals surface area contributed by atoms with Crippen LogP contribution in [0.3, 0.4) is 0 Å². The Morgan fingerprint density at radius 2 is 2.11 bits per heavy atom. The summed E-state index contributed by atoms with van der Waals surface area (Å²) in [5, 5.41) is 0. The van der Waals surface area contributed by atoms with Crippen LogP contribution in [-0.4, -0.2) is 4.98 Å². The van der Waals surface area contributed by atoms with Crippen molar-refractivity contribution in [3.63, 3.8) is 0 Å². The molecule has 5 heteroatoms. The highest BCUT2D eigenvalue weighted by molar-refractivity contribution is 9.10. The summed E-state index contributed by atoms with van der Waals surface area (Å²) >= 11 is 3.26. The van der Waals surface area contributed by atoms with Crippen LogP contribution in [0.15, 0.2) is 41.0 Å². The minimum atomic E-state index is -0.422. The number of aromatic nitrogens is 1. The van der Waals surface area contributed by atoms with Gasteiger partial charge in [-0.2, -0.15) is 0 Å². The van der Waals surface area contributed by atoms with E-state index in [9.17, 15) is 4.39 Å². The van der Waals surface area contributed by atoms with Gasteiger partial charge in [0.2, 0.25) is 0 Å². The minimum absolute atomic E-state index is 0.137. The molecule has 2 aromatic rings. The van der Waals surface area contributed by atoms with Crippen molar-refractivity contribution in [1.29, 1.82) is 0 Å². The number of halogens is 2. The van der Waals surface area contributed by atoms with Gasteiger partial charge >= 0.3 is 0 Å². The van der Waals surface area contributed by atoms with E-state index < -0.39 is 5.82 Å². The fourth-order valence-electron chi connectivity index (χ4n) is 1.40. The SMILES string of the molecule is C[C@@H](N)c1ccc(Oc2cc(Br)ccc2F)cn1. The molecule has 2 N–H and O–H groups in total. The molecule has 0 amide bonds. The molecule has 94 valence electrons. The molecule has 1 aromatic heterocycles. The van der Waals surface area contributed by atoms with Crippen molar-refractivity contribution in [2.45, 2.75) is 13.0 Å². The topological polar surface area (TPSA) is 48.1 Å². The summed E-state index contributed by atoms with van der Waals surface area (Å²) in [4.78, 5) is 4.14. The second kappa shape index (κ2) is 5.46. The van der Waals surface area contributed by atoms with E-state index in [1.165, 1.54) is 12.3 Å². The summed E-state index contributed by atoms with van der Waals surface area (Å²) in [6, 6.07) is 7.85. The zero-order valence-corrected chi connectivity index (χ0v) is 11.3. The maximum Gasteiger partial charge on any atom is 0.165 e. The molecular formula is C13H12BrFN2O. The maximum absolute atomic E-state index is 13.5. The summed E-state index contributed by atoms with van der Waals surface area (Å²) < 4.78 is 19.6. The van der Waals surface area contributed by atoms with Gasteiger partial charge in [0.25, 0.3) is 0 Å². The number of pyridine rings is 1. The van der Waals surface area contributed by atoms with Crippen molar-refractivity contribution in [2.24, 2.45) is 5.73 Å². The van der Waals surface area contributed by atoms with E-state index in [4.69, 9.17) is 10.5 Å². The van der Waals surface area contributed by atoms with Crippen molar-refractivity contribution in [2.75, 3.05) is 0 Å². The first-order chi connectivity index (χ1) is 8.56. The lowest BCUT2D eigenvalue weighted by molar-refractivity contribution is 0.439. The maximum atomic E-state index is 13.5. The quantitative estimate of drug-likeness (QED) is 0.938. The lowest BCUT2D eigenvalue weighted by Gasteiger charge is -2.08. The van der Waals surface area contributed by atoms with E-state index in [2.05, 4.69) is 20.9 Å². The zero-order chi connectivity index (χ0) is 13.1. The molecule has 0 saturated carbocycles. The van der Waals surface area contributed by atoms with Crippen LogP contribution in [0.2, 0.25) is 0 Å². The fraction of sp³-hybridized carbons (Fsp3) is 0.154. The van der Waals surface area contributed by atoms with Gasteiger partial charge in [0, 0.05) is 10.5 Å². The van der Waals surface area contributed by atoms with Crippen LogP contribution in [0.4, 0.5) is 4.39 Å². The van der Waals surface area contributed by atoms with Gasteiger partial charge in [-0.05, 0) is 37.3 Å². The summed E-state index contributed by atoms with van der Waals surface area (Å²) in [7, 11) is 0. The number of nitrogens with two attached hydrogens (primary N) is 1. The largest absolute Gasteiger partial charge is 0.453 e. The third-order valence-corrected chi connectivity index (χ3v) is 2.84. The average molecular weight is 311 g/mol. The number of nitrogens with zero attached hydrogens (tertiary/aromatic N) is 1. The second-order valence-corrected chi connectivity index (χ2v) is 4.80.